The monoisotopic (exact) mass is 381 g/mol. The number of aromatic nitrogens is 4. The molecule has 1 N–H and O–H groups in total. The molecule has 0 bridgehead atoms. The van der Waals surface area contributed by atoms with Crippen molar-refractivity contribution in [1.82, 2.24) is 19.6 Å². The molecule has 0 spiro atoms. The van der Waals surface area contributed by atoms with Gasteiger partial charge in [-0.1, -0.05) is 30.0 Å². The SMILES string of the molecule is Cc1ccc(F)cc1NC(=O)CSc1nc2ccccc2n2c(C)nnc12. The molecule has 8 heteroatoms. The zero-order valence-corrected chi connectivity index (χ0v) is 15.5. The van der Waals surface area contributed by atoms with E-state index in [9.17, 15) is 9.18 Å². The third-order valence-electron chi connectivity index (χ3n) is 4.17. The highest BCUT2D eigenvalue weighted by Gasteiger charge is 2.15. The number of thioether (sulfide) groups is 1. The van der Waals surface area contributed by atoms with Crippen molar-refractivity contribution in [2.24, 2.45) is 0 Å². The van der Waals surface area contributed by atoms with Gasteiger partial charge in [0.15, 0.2) is 5.65 Å². The van der Waals surface area contributed by atoms with E-state index >= 15 is 0 Å². The van der Waals surface area contributed by atoms with Crippen molar-refractivity contribution in [3.63, 3.8) is 0 Å². The average molecular weight is 381 g/mol. The van der Waals surface area contributed by atoms with E-state index in [2.05, 4.69) is 20.5 Å². The molecule has 0 radical (unpaired) electrons. The standard InChI is InChI=1S/C19H16FN5OS/c1-11-7-8-13(20)9-15(11)21-17(26)10-27-19-18-24-23-12(2)25(18)16-6-4-3-5-14(16)22-19/h3-9H,10H2,1-2H3,(H,21,26). The lowest BCUT2D eigenvalue weighted by atomic mass is 10.2. The van der Waals surface area contributed by atoms with Crippen LogP contribution in [0.3, 0.4) is 0 Å². The van der Waals surface area contributed by atoms with Gasteiger partial charge >= 0.3 is 0 Å². The molecular weight excluding hydrogens is 365 g/mol. The molecule has 0 fully saturated rings. The lowest BCUT2D eigenvalue weighted by molar-refractivity contribution is -0.113. The molecule has 4 rings (SSSR count). The molecule has 2 aromatic heterocycles. The van der Waals surface area contributed by atoms with Crippen molar-refractivity contribution in [3.05, 3.63) is 59.7 Å². The fourth-order valence-electron chi connectivity index (χ4n) is 2.84. The number of rotatable bonds is 4. The molecule has 6 nitrogen and oxygen atoms in total. The minimum absolute atomic E-state index is 0.128. The summed E-state index contributed by atoms with van der Waals surface area (Å²) >= 11 is 1.28. The Morgan fingerprint density at radius 3 is 2.85 bits per heavy atom. The van der Waals surface area contributed by atoms with Crippen molar-refractivity contribution in [2.75, 3.05) is 11.1 Å². The lowest BCUT2D eigenvalue weighted by Gasteiger charge is -2.09. The van der Waals surface area contributed by atoms with Gasteiger partial charge in [-0.15, -0.1) is 10.2 Å². The van der Waals surface area contributed by atoms with Crippen molar-refractivity contribution < 1.29 is 9.18 Å². The number of amides is 1. The van der Waals surface area contributed by atoms with Crippen molar-refractivity contribution >= 4 is 40.0 Å². The van der Waals surface area contributed by atoms with Crippen LogP contribution in [0.4, 0.5) is 10.1 Å². The topological polar surface area (TPSA) is 72.2 Å². The Labute approximate surface area is 158 Å². The molecule has 2 heterocycles. The third kappa shape index (κ3) is 3.35. The molecule has 0 aliphatic rings. The normalized spacial score (nSPS) is 11.2. The smallest absolute Gasteiger partial charge is 0.234 e. The Kier molecular flexibility index (Phi) is 4.49. The second-order valence-electron chi connectivity index (χ2n) is 6.11. The van der Waals surface area contributed by atoms with Crippen LogP contribution >= 0.6 is 11.8 Å². The van der Waals surface area contributed by atoms with Gasteiger partial charge in [-0.25, -0.2) is 9.37 Å². The molecule has 0 saturated heterocycles. The van der Waals surface area contributed by atoms with Gasteiger partial charge in [0.25, 0.3) is 0 Å². The largest absolute Gasteiger partial charge is 0.325 e. The first-order valence-corrected chi connectivity index (χ1v) is 9.31. The summed E-state index contributed by atoms with van der Waals surface area (Å²) in [6, 6.07) is 12.0. The number of carbonyl (C=O) groups excluding carboxylic acids is 1. The molecule has 0 unspecified atom stereocenters. The number of hydrogen-bond acceptors (Lipinski definition) is 5. The molecule has 4 aromatic rings. The van der Waals surface area contributed by atoms with Crippen LogP contribution in [0.15, 0.2) is 47.5 Å². The van der Waals surface area contributed by atoms with E-state index in [4.69, 9.17) is 0 Å². The molecule has 0 aliphatic heterocycles. The van der Waals surface area contributed by atoms with Gasteiger partial charge in [0.1, 0.15) is 16.7 Å². The second-order valence-corrected chi connectivity index (χ2v) is 7.07. The van der Waals surface area contributed by atoms with Crippen molar-refractivity contribution in [1.29, 1.82) is 0 Å². The van der Waals surface area contributed by atoms with Crippen molar-refractivity contribution in [3.8, 4) is 0 Å². The van der Waals surface area contributed by atoms with Gasteiger partial charge < -0.3 is 5.32 Å². The van der Waals surface area contributed by atoms with Crippen LogP contribution in [-0.2, 0) is 4.79 Å². The number of fused-ring (bicyclic) bond motifs is 3. The summed E-state index contributed by atoms with van der Waals surface area (Å²) < 4.78 is 15.3. The molecular formula is C19H16FN5OS. The van der Waals surface area contributed by atoms with Crippen LogP contribution in [-0.4, -0.2) is 31.2 Å². The van der Waals surface area contributed by atoms with Crippen LogP contribution in [0.5, 0.6) is 0 Å². The van der Waals surface area contributed by atoms with Crippen LogP contribution in [0.2, 0.25) is 0 Å². The number of carbonyl (C=O) groups is 1. The van der Waals surface area contributed by atoms with Crippen LogP contribution in [0, 0.1) is 19.7 Å². The highest BCUT2D eigenvalue weighted by Crippen LogP contribution is 2.26. The van der Waals surface area contributed by atoms with E-state index in [0.29, 0.717) is 16.4 Å². The van der Waals surface area contributed by atoms with E-state index < -0.39 is 0 Å². The van der Waals surface area contributed by atoms with Gasteiger partial charge in [0.2, 0.25) is 5.91 Å². The summed E-state index contributed by atoms with van der Waals surface area (Å²) in [4.78, 5) is 17.0. The highest BCUT2D eigenvalue weighted by atomic mass is 32.2. The molecule has 27 heavy (non-hydrogen) atoms. The first-order valence-electron chi connectivity index (χ1n) is 8.32. The number of aryl methyl sites for hydroxylation is 2. The lowest BCUT2D eigenvalue weighted by Crippen LogP contribution is -2.15. The first-order chi connectivity index (χ1) is 13.0. The number of halogens is 1. The average Bonchev–Trinajstić information content (AvgIpc) is 3.05. The Morgan fingerprint density at radius 1 is 1.19 bits per heavy atom. The summed E-state index contributed by atoms with van der Waals surface area (Å²) in [6.45, 7) is 3.69. The summed E-state index contributed by atoms with van der Waals surface area (Å²) in [6.07, 6.45) is 0. The summed E-state index contributed by atoms with van der Waals surface area (Å²) in [5.41, 5.74) is 3.60. The third-order valence-corrected chi connectivity index (χ3v) is 5.13. The van der Waals surface area contributed by atoms with E-state index in [1.54, 1.807) is 6.07 Å². The molecule has 0 saturated carbocycles. The van der Waals surface area contributed by atoms with Gasteiger partial charge in [-0.2, -0.15) is 0 Å². The number of anilines is 1. The van der Waals surface area contributed by atoms with E-state index in [0.717, 1.165) is 22.4 Å². The Morgan fingerprint density at radius 2 is 2.00 bits per heavy atom. The number of nitrogens with zero attached hydrogens (tertiary/aromatic N) is 4. The van der Waals surface area contributed by atoms with Gasteiger partial charge in [0.05, 0.1) is 16.8 Å². The molecule has 0 atom stereocenters. The Bertz CT molecular complexity index is 1170. The van der Waals surface area contributed by atoms with Gasteiger partial charge in [-0.3, -0.25) is 9.20 Å². The molecule has 136 valence electrons. The maximum atomic E-state index is 13.4. The van der Waals surface area contributed by atoms with Gasteiger partial charge in [0, 0.05) is 5.69 Å². The summed E-state index contributed by atoms with van der Waals surface area (Å²) in [5, 5.41) is 11.7. The minimum Gasteiger partial charge on any atom is -0.325 e. The van der Waals surface area contributed by atoms with Crippen LogP contribution in [0.1, 0.15) is 11.4 Å². The van der Waals surface area contributed by atoms with Crippen molar-refractivity contribution in [2.45, 2.75) is 18.9 Å². The van der Waals surface area contributed by atoms with Gasteiger partial charge in [-0.05, 0) is 43.7 Å². The molecule has 2 aromatic carbocycles. The Balaban J connectivity index is 1.60. The Hall–Kier alpha value is -3.00. The van der Waals surface area contributed by atoms with Crippen LogP contribution in [0.25, 0.3) is 16.7 Å². The first kappa shape index (κ1) is 17.4. The maximum absolute atomic E-state index is 13.4. The highest BCUT2D eigenvalue weighted by molar-refractivity contribution is 8.00. The minimum atomic E-state index is -0.389. The maximum Gasteiger partial charge on any atom is 0.234 e. The summed E-state index contributed by atoms with van der Waals surface area (Å²) in [5.74, 6) is 0.256. The van der Waals surface area contributed by atoms with E-state index in [1.807, 2.05) is 42.5 Å². The number of para-hydroxylation sites is 2. The fraction of sp³-hybridized carbons (Fsp3) is 0.158. The number of hydrogen-bond donors (Lipinski definition) is 1. The predicted octanol–water partition coefficient (Wildman–Crippen LogP) is 3.76. The second kappa shape index (κ2) is 6.96. The zero-order chi connectivity index (χ0) is 19.0. The molecule has 0 aliphatic carbocycles. The number of nitrogens with one attached hydrogen (secondary N) is 1. The quantitative estimate of drug-likeness (QED) is 0.545. The van der Waals surface area contributed by atoms with Crippen LogP contribution < -0.4 is 5.32 Å². The van der Waals surface area contributed by atoms with E-state index in [1.165, 1.54) is 23.9 Å². The fourth-order valence-corrected chi connectivity index (χ4v) is 3.61. The zero-order valence-electron chi connectivity index (χ0n) is 14.7. The van der Waals surface area contributed by atoms with E-state index in [-0.39, 0.29) is 17.5 Å². The number of benzene rings is 2. The molecule has 1 amide bonds. The summed E-state index contributed by atoms with van der Waals surface area (Å²) in [7, 11) is 0. The predicted molar refractivity (Wildman–Crippen MR) is 104 cm³/mol.